The van der Waals surface area contributed by atoms with Crippen molar-refractivity contribution in [3.05, 3.63) is 70.5 Å². The van der Waals surface area contributed by atoms with Gasteiger partial charge in [-0.3, -0.25) is 0 Å². The van der Waals surface area contributed by atoms with E-state index in [1.54, 1.807) is 12.1 Å². The van der Waals surface area contributed by atoms with E-state index in [2.05, 4.69) is 6.07 Å². The van der Waals surface area contributed by atoms with E-state index in [-0.39, 0.29) is 11.0 Å². The standard InChI is InChI=1S/C9H9N.C8H9F.C6H12ClNO2S/c1-7-3-4-9(6-10)8(2)5-7;1-2-7-5-3-4-6-8(7)9;1-6-2-3-8(4-6)11(9,10)5-7/h3-5H,1-2H3;3-6H,2H2,1H3;6H,2-5H2,1H3/t;;6-/m..0/s1. The van der Waals surface area contributed by atoms with Gasteiger partial charge in [-0.15, -0.1) is 11.6 Å². The van der Waals surface area contributed by atoms with Gasteiger partial charge in [-0.1, -0.05) is 49.7 Å². The summed E-state index contributed by atoms with van der Waals surface area (Å²) in [6.07, 6.45) is 1.72. The molecule has 2 aromatic carbocycles. The Morgan fingerprint density at radius 3 is 2.33 bits per heavy atom. The zero-order chi connectivity index (χ0) is 22.7. The van der Waals surface area contributed by atoms with Crippen molar-refractivity contribution in [2.75, 3.05) is 18.3 Å². The van der Waals surface area contributed by atoms with Crippen molar-refractivity contribution in [1.82, 2.24) is 4.31 Å². The van der Waals surface area contributed by atoms with E-state index in [1.165, 1.54) is 15.9 Å². The molecule has 2 aromatic rings. The van der Waals surface area contributed by atoms with Gasteiger partial charge in [0.2, 0.25) is 10.0 Å². The predicted molar refractivity (Wildman–Crippen MR) is 121 cm³/mol. The van der Waals surface area contributed by atoms with Crippen LogP contribution in [-0.2, 0) is 16.4 Å². The highest BCUT2D eigenvalue weighted by atomic mass is 35.5. The fourth-order valence-corrected chi connectivity index (χ4v) is 4.36. The molecule has 164 valence electrons. The molecule has 0 aliphatic carbocycles. The van der Waals surface area contributed by atoms with Gasteiger partial charge >= 0.3 is 0 Å². The summed E-state index contributed by atoms with van der Waals surface area (Å²) in [6.45, 7) is 9.23. The highest BCUT2D eigenvalue weighted by Crippen LogP contribution is 2.19. The fourth-order valence-electron chi connectivity index (χ4n) is 2.94. The molecular weight excluding hydrogens is 423 g/mol. The van der Waals surface area contributed by atoms with Crippen LogP contribution in [0.15, 0.2) is 42.5 Å². The summed E-state index contributed by atoms with van der Waals surface area (Å²) in [5, 5.41) is 8.27. The van der Waals surface area contributed by atoms with Crippen LogP contribution in [0, 0.1) is 36.9 Å². The molecule has 1 aliphatic heterocycles. The second-order valence-electron chi connectivity index (χ2n) is 7.35. The lowest BCUT2D eigenvalue weighted by Crippen LogP contribution is -2.29. The molecule has 0 spiro atoms. The summed E-state index contributed by atoms with van der Waals surface area (Å²) in [5.74, 6) is 0.382. The lowest BCUT2D eigenvalue weighted by Gasteiger charge is -2.12. The number of nitriles is 1. The minimum atomic E-state index is -3.13. The molecule has 30 heavy (non-hydrogen) atoms. The van der Waals surface area contributed by atoms with Crippen molar-refractivity contribution in [3.8, 4) is 6.07 Å². The van der Waals surface area contributed by atoms with Crippen molar-refractivity contribution < 1.29 is 12.8 Å². The van der Waals surface area contributed by atoms with E-state index in [0.29, 0.717) is 19.0 Å². The third kappa shape index (κ3) is 8.43. The number of nitrogens with zero attached hydrogens (tertiary/aromatic N) is 2. The Kier molecular flexibility index (Phi) is 11.0. The molecule has 0 unspecified atom stereocenters. The Morgan fingerprint density at radius 1 is 1.23 bits per heavy atom. The highest BCUT2D eigenvalue weighted by Gasteiger charge is 2.27. The van der Waals surface area contributed by atoms with Gasteiger partial charge in [0.15, 0.2) is 0 Å². The summed E-state index contributed by atoms with van der Waals surface area (Å²) in [4.78, 5) is 0. The summed E-state index contributed by atoms with van der Waals surface area (Å²) < 4.78 is 36.3. The molecule has 3 rings (SSSR count). The van der Waals surface area contributed by atoms with Gasteiger partial charge in [0.25, 0.3) is 0 Å². The van der Waals surface area contributed by atoms with Gasteiger partial charge in [-0.05, 0) is 55.9 Å². The first kappa shape index (κ1) is 26.1. The van der Waals surface area contributed by atoms with Gasteiger partial charge in [-0.25, -0.2) is 17.1 Å². The Hall–Kier alpha value is -1.94. The third-order valence-corrected chi connectivity index (χ3v) is 6.98. The van der Waals surface area contributed by atoms with Crippen LogP contribution in [0.5, 0.6) is 0 Å². The maximum Gasteiger partial charge on any atom is 0.228 e. The van der Waals surface area contributed by atoms with Crippen LogP contribution in [0.2, 0.25) is 0 Å². The molecular formula is C23H30ClFN2O2S. The molecule has 1 aliphatic rings. The molecule has 0 saturated carbocycles. The third-order valence-electron chi connectivity index (χ3n) is 4.76. The number of halogens is 2. The van der Waals surface area contributed by atoms with E-state index in [0.717, 1.165) is 29.5 Å². The van der Waals surface area contributed by atoms with Crippen LogP contribution in [0.25, 0.3) is 0 Å². The molecule has 0 aromatic heterocycles. The molecule has 7 heteroatoms. The van der Waals surface area contributed by atoms with Crippen LogP contribution in [0.1, 0.15) is 42.5 Å². The number of alkyl halides is 1. The summed E-state index contributed by atoms with van der Waals surface area (Å²) in [5.41, 5.74) is 3.82. The first-order valence-electron chi connectivity index (χ1n) is 9.89. The lowest BCUT2D eigenvalue weighted by molar-refractivity contribution is 0.468. The molecule has 1 heterocycles. The maximum atomic E-state index is 12.6. The molecule has 0 radical (unpaired) electrons. The molecule has 1 saturated heterocycles. The summed E-state index contributed by atoms with van der Waals surface area (Å²) >= 11 is 5.29. The summed E-state index contributed by atoms with van der Waals surface area (Å²) in [6, 6.07) is 14.8. The first-order chi connectivity index (χ1) is 14.1. The number of rotatable bonds is 3. The van der Waals surface area contributed by atoms with Gasteiger partial charge in [-0.2, -0.15) is 5.26 Å². The van der Waals surface area contributed by atoms with Crippen molar-refractivity contribution in [3.63, 3.8) is 0 Å². The highest BCUT2D eigenvalue weighted by molar-refractivity contribution is 7.90. The van der Waals surface area contributed by atoms with Gasteiger partial charge in [0.1, 0.15) is 11.0 Å². The van der Waals surface area contributed by atoms with Crippen molar-refractivity contribution >= 4 is 21.6 Å². The molecule has 1 atom stereocenters. The zero-order valence-electron chi connectivity index (χ0n) is 18.0. The Morgan fingerprint density at radius 2 is 1.90 bits per heavy atom. The van der Waals surface area contributed by atoms with E-state index in [1.807, 2.05) is 52.0 Å². The van der Waals surface area contributed by atoms with Crippen LogP contribution < -0.4 is 0 Å². The average Bonchev–Trinajstić information content (AvgIpc) is 3.17. The Labute approximate surface area is 185 Å². The number of aryl methyl sites for hydroxylation is 3. The van der Waals surface area contributed by atoms with E-state index in [9.17, 15) is 12.8 Å². The maximum absolute atomic E-state index is 12.6. The molecule has 0 amide bonds. The minimum Gasteiger partial charge on any atom is -0.211 e. The van der Waals surface area contributed by atoms with Crippen molar-refractivity contribution in [2.24, 2.45) is 5.92 Å². The van der Waals surface area contributed by atoms with Crippen LogP contribution in [0.4, 0.5) is 4.39 Å². The van der Waals surface area contributed by atoms with Gasteiger partial charge in [0.05, 0.1) is 11.6 Å². The average molecular weight is 453 g/mol. The lowest BCUT2D eigenvalue weighted by atomic mass is 10.1. The number of sulfonamides is 1. The normalized spacial score (nSPS) is 16.0. The number of hydrogen-bond acceptors (Lipinski definition) is 3. The van der Waals surface area contributed by atoms with Crippen LogP contribution in [0.3, 0.4) is 0 Å². The molecule has 0 N–H and O–H groups in total. The van der Waals surface area contributed by atoms with Crippen molar-refractivity contribution in [1.29, 1.82) is 5.26 Å². The number of hydrogen-bond donors (Lipinski definition) is 0. The number of benzene rings is 2. The smallest absolute Gasteiger partial charge is 0.211 e. The zero-order valence-corrected chi connectivity index (χ0v) is 19.6. The predicted octanol–water partition coefficient (Wildman–Crippen LogP) is 5.42. The monoisotopic (exact) mass is 452 g/mol. The van der Waals surface area contributed by atoms with E-state index < -0.39 is 10.0 Å². The summed E-state index contributed by atoms with van der Waals surface area (Å²) in [7, 11) is -3.13. The Balaban J connectivity index is 0.000000226. The van der Waals surface area contributed by atoms with Crippen LogP contribution in [-0.4, -0.2) is 31.0 Å². The molecule has 1 fully saturated rings. The van der Waals surface area contributed by atoms with Crippen molar-refractivity contribution in [2.45, 2.75) is 40.5 Å². The first-order valence-corrected chi connectivity index (χ1v) is 12.0. The fraction of sp³-hybridized carbons (Fsp3) is 0.435. The van der Waals surface area contributed by atoms with E-state index in [4.69, 9.17) is 16.9 Å². The molecule has 4 nitrogen and oxygen atoms in total. The largest absolute Gasteiger partial charge is 0.228 e. The second kappa shape index (κ2) is 12.7. The molecule has 0 bridgehead atoms. The topological polar surface area (TPSA) is 61.2 Å². The quantitative estimate of drug-likeness (QED) is 0.584. The van der Waals surface area contributed by atoms with Gasteiger partial charge < -0.3 is 0 Å². The minimum absolute atomic E-state index is 0.0972. The van der Waals surface area contributed by atoms with Gasteiger partial charge in [0, 0.05) is 13.1 Å². The SMILES string of the molecule is CCc1ccccc1F.C[C@H]1CCN(S(=O)(=O)CCl)C1.Cc1ccc(C#N)c(C)c1. The van der Waals surface area contributed by atoms with Crippen LogP contribution >= 0.6 is 11.6 Å². The van der Waals surface area contributed by atoms with E-state index >= 15 is 0 Å². The Bertz CT molecular complexity index is 958. The second-order valence-corrected chi connectivity index (χ2v) is 9.90.